The van der Waals surface area contributed by atoms with Crippen molar-refractivity contribution in [1.82, 2.24) is 0 Å². The number of carbonyl (C=O) groups is 1. The summed E-state index contributed by atoms with van der Waals surface area (Å²) in [5, 5.41) is 0. The first-order chi connectivity index (χ1) is 11.3. The molecule has 0 spiro atoms. The second-order valence-corrected chi connectivity index (χ2v) is 5.79. The molecule has 1 heterocycles. The van der Waals surface area contributed by atoms with Crippen LogP contribution in [0.3, 0.4) is 0 Å². The monoisotopic (exact) mass is 395 g/mol. The van der Waals surface area contributed by atoms with Crippen LogP contribution in [0, 0.1) is 0 Å². The summed E-state index contributed by atoms with van der Waals surface area (Å²) < 4.78 is 44.1. The predicted octanol–water partition coefficient (Wildman–Crippen LogP) is 4.81. The minimum Gasteiger partial charge on any atom is -0.402 e. The van der Waals surface area contributed by atoms with Crippen molar-refractivity contribution in [3.8, 4) is 0 Å². The molecule has 0 fully saturated rings. The molecule has 2 aromatic carbocycles. The van der Waals surface area contributed by atoms with Gasteiger partial charge in [-0.3, -0.25) is 0 Å². The normalized spacial score (nSPS) is 16.2. The molecule has 0 N–H and O–H groups in total. The average Bonchev–Trinajstić information content (AvgIpc) is 2.90. The van der Waals surface area contributed by atoms with Gasteiger partial charge >= 0.3 is 12.1 Å². The highest BCUT2D eigenvalue weighted by Crippen LogP contribution is 2.30. The second kappa shape index (κ2) is 6.24. The van der Waals surface area contributed by atoms with Gasteiger partial charge in [-0.2, -0.15) is 13.2 Å². The summed E-state index contributed by atoms with van der Waals surface area (Å²) in [5.41, 5.74) is -0.0107. The Labute approximate surface area is 143 Å². The van der Waals surface area contributed by atoms with E-state index in [2.05, 4.69) is 20.9 Å². The largest absolute Gasteiger partial charge is 0.416 e. The van der Waals surface area contributed by atoms with E-state index in [9.17, 15) is 18.0 Å². The first-order valence-electron chi connectivity index (χ1n) is 6.79. The number of benzene rings is 2. The summed E-state index contributed by atoms with van der Waals surface area (Å²) in [6.07, 6.45) is -2.97. The summed E-state index contributed by atoms with van der Waals surface area (Å²) in [6.45, 7) is 0. The third kappa shape index (κ3) is 3.41. The first-order valence-corrected chi connectivity index (χ1v) is 7.58. The number of halogens is 4. The second-order valence-electron chi connectivity index (χ2n) is 4.94. The number of esters is 1. The molecule has 7 heteroatoms. The van der Waals surface area contributed by atoms with Crippen LogP contribution in [-0.4, -0.2) is 11.9 Å². The zero-order chi connectivity index (χ0) is 17.3. The molecule has 122 valence electrons. The Kier molecular flexibility index (Phi) is 4.28. The fourth-order valence-electron chi connectivity index (χ4n) is 2.10. The molecular formula is C17H9BrF3NO2. The highest BCUT2D eigenvalue weighted by atomic mass is 79.9. The van der Waals surface area contributed by atoms with Gasteiger partial charge < -0.3 is 4.74 Å². The van der Waals surface area contributed by atoms with E-state index in [0.29, 0.717) is 5.56 Å². The topological polar surface area (TPSA) is 38.7 Å². The van der Waals surface area contributed by atoms with Gasteiger partial charge in [0.2, 0.25) is 5.90 Å². The molecule has 0 aliphatic carbocycles. The summed E-state index contributed by atoms with van der Waals surface area (Å²) in [5.74, 6) is -0.859. The molecule has 0 saturated carbocycles. The quantitative estimate of drug-likeness (QED) is 0.540. The van der Waals surface area contributed by atoms with Crippen LogP contribution in [0.5, 0.6) is 0 Å². The molecule has 0 unspecified atom stereocenters. The van der Waals surface area contributed by atoms with E-state index in [1.165, 1.54) is 18.2 Å². The first kappa shape index (κ1) is 16.4. The maximum atomic E-state index is 12.8. The number of hydrogen-bond donors (Lipinski definition) is 0. The van der Waals surface area contributed by atoms with Crippen LogP contribution in [0.15, 0.2) is 63.7 Å². The van der Waals surface area contributed by atoms with E-state index >= 15 is 0 Å². The van der Waals surface area contributed by atoms with Gasteiger partial charge in [0.25, 0.3) is 0 Å². The zero-order valence-corrected chi connectivity index (χ0v) is 13.6. The third-order valence-electron chi connectivity index (χ3n) is 3.25. The number of cyclic esters (lactones) is 1. The molecule has 1 aliphatic heterocycles. The van der Waals surface area contributed by atoms with Crippen molar-refractivity contribution in [2.75, 3.05) is 0 Å². The van der Waals surface area contributed by atoms with Gasteiger partial charge in [-0.05, 0) is 35.9 Å². The zero-order valence-electron chi connectivity index (χ0n) is 12.0. The molecule has 24 heavy (non-hydrogen) atoms. The minimum absolute atomic E-state index is 0.0225. The Morgan fingerprint density at radius 1 is 1.08 bits per heavy atom. The van der Waals surface area contributed by atoms with E-state index in [1.807, 2.05) is 6.07 Å². The van der Waals surface area contributed by atoms with E-state index < -0.39 is 17.7 Å². The number of ether oxygens (including phenoxy) is 1. The van der Waals surface area contributed by atoms with Crippen LogP contribution < -0.4 is 0 Å². The number of nitrogens with zero attached hydrogens (tertiary/aromatic N) is 1. The lowest BCUT2D eigenvalue weighted by Crippen LogP contribution is -2.09. The lowest BCUT2D eigenvalue weighted by molar-refractivity contribution is -0.137. The molecule has 0 aromatic heterocycles. The highest BCUT2D eigenvalue weighted by molar-refractivity contribution is 9.10. The summed E-state index contributed by atoms with van der Waals surface area (Å²) in [4.78, 5) is 15.9. The number of aliphatic imine (C=N–C) groups is 1. The predicted molar refractivity (Wildman–Crippen MR) is 86.2 cm³/mol. The van der Waals surface area contributed by atoms with Crippen molar-refractivity contribution in [2.45, 2.75) is 6.18 Å². The highest BCUT2D eigenvalue weighted by Gasteiger charge is 2.32. The molecule has 0 bridgehead atoms. The third-order valence-corrected chi connectivity index (χ3v) is 3.98. The number of carbonyl (C=O) groups excluding carboxylic acids is 1. The minimum atomic E-state index is -4.48. The van der Waals surface area contributed by atoms with Crippen LogP contribution in [0.2, 0.25) is 0 Å². The van der Waals surface area contributed by atoms with Gasteiger partial charge in [-0.15, -0.1) is 0 Å². The lowest BCUT2D eigenvalue weighted by Gasteiger charge is -2.07. The van der Waals surface area contributed by atoms with Crippen LogP contribution >= 0.6 is 15.9 Å². The molecule has 0 saturated heterocycles. The molecule has 1 aliphatic rings. The van der Waals surface area contributed by atoms with Gasteiger partial charge in [0, 0.05) is 10.0 Å². The Morgan fingerprint density at radius 2 is 1.83 bits per heavy atom. The van der Waals surface area contributed by atoms with Gasteiger partial charge in [0.15, 0.2) is 5.70 Å². The van der Waals surface area contributed by atoms with Crippen LogP contribution in [-0.2, 0) is 15.7 Å². The van der Waals surface area contributed by atoms with E-state index in [0.717, 1.165) is 16.6 Å². The molecular weight excluding hydrogens is 387 g/mol. The van der Waals surface area contributed by atoms with E-state index in [4.69, 9.17) is 4.74 Å². The van der Waals surface area contributed by atoms with E-state index in [1.54, 1.807) is 18.2 Å². The maximum absolute atomic E-state index is 12.8. The van der Waals surface area contributed by atoms with Crippen LogP contribution in [0.1, 0.15) is 16.7 Å². The Balaban J connectivity index is 1.97. The molecule has 3 nitrogen and oxygen atoms in total. The number of rotatable bonds is 2. The summed E-state index contributed by atoms with van der Waals surface area (Å²) in [6, 6.07) is 11.6. The summed E-state index contributed by atoms with van der Waals surface area (Å²) in [7, 11) is 0. The standard InChI is InChI=1S/C17H9BrF3NO2/c18-13-7-2-1-4-10(13)9-14-16(23)24-15(22-14)11-5-3-6-12(8-11)17(19,20)21/h1-9H/b14-9+. The van der Waals surface area contributed by atoms with Crippen molar-refractivity contribution in [3.05, 3.63) is 75.4 Å². The van der Waals surface area contributed by atoms with Crippen molar-refractivity contribution < 1.29 is 22.7 Å². The van der Waals surface area contributed by atoms with Gasteiger partial charge in [0.05, 0.1) is 5.56 Å². The Bertz CT molecular complexity index is 872. The molecule has 0 radical (unpaired) electrons. The Hall–Kier alpha value is -2.41. The fourth-order valence-corrected chi connectivity index (χ4v) is 2.50. The molecule has 0 atom stereocenters. The lowest BCUT2D eigenvalue weighted by atomic mass is 10.1. The van der Waals surface area contributed by atoms with Crippen LogP contribution in [0.25, 0.3) is 6.08 Å². The van der Waals surface area contributed by atoms with Crippen molar-refractivity contribution in [1.29, 1.82) is 0 Å². The number of alkyl halides is 3. The van der Waals surface area contributed by atoms with Crippen molar-refractivity contribution in [2.24, 2.45) is 4.99 Å². The Morgan fingerprint density at radius 3 is 2.54 bits per heavy atom. The molecule has 2 aromatic rings. The van der Waals surface area contributed by atoms with Crippen molar-refractivity contribution in [3.63, 3.8) is 0 Å². The van der Waals surface area contributed by atoms with Gasteiger partial charge in [0.1, 0.15) is 0 Å². The summed E-state index contributed by atoms with van der Waals surface area (Å²) >= 11 is 3.34. The average molecular weight is 396 g/mol. The van der Waals surface area contributed by atoms with E-state index in [-0.39, 0.29) is 17.2 Å². The SMILES string of the molecule is O=C1OC(c2cccc(C(F)(F)F)c2)=N/C1=C/c1ccccc1Br. The van der Waals surface area contributed by atoms with Crippen molar-refractivity contribution >= 4 is 33.9 Å². The van der Waals surface area contributed by atoms with Crippen LogP contribution in [0.4, 0.5) is 13.2 Å². The van der Waals surface area contributed by atoms with Gasteiger partial charge in [-0.1, -0.05) is 40.2 Å². The number of hydrogen-bond acceptors (Lipinski definition) is 3. The fraction of sp³-hybridized carbons (Fsp3) is 0.0588. The maximum Gasteiger partial charge on any atom is 0.416 e. The smallest absolute Gasteiger partial charge is 0.402 e. The molecule has 3 rings (SSSR count). The molecule has 0 amide bonds. The van der Waals surface area contributed by atoms with Gasteiger partial charge in [-0.25, -0.2) is 9.79 Å².